The molecule has 0 saturated carbocycles. The van der Waals surface area contributed by atoms with Crippen LogP contribution < -0.4 is 4.72 Å². The number of hydrogen-bond acceptors (Lipinski definition) is 5. The van der Waals surface area contributed by atoms with Crippen molar-refractivity contribution in [2.45, 2.75) is 43.0 Å². The molecule has 2 aromatic rings. The second kappa shape index (κ2) is 9.60. The highest BCUT2D eigenvalue weighted by molar-refractivity contribution is 7.89. The second-order valence-electron chi connectivity index (χ2n) is 8.05. The Bertz CT molecular complexity index is 937. The van der Waals surface area contributed by atoms with Crippen molar-refractivity contribution >= 4 is 27.3 Å². The van der Waals surface area contributed by atoms with Gasteiger partial charge in [-0.15, -0.1) is 11.3 Å². The van der Waals surface area contributed by atoms with Crippen LogP contribution in [0.5, 0.6) is 0 Å². The molecule has 1 atom stereocenters. The van der Waals surface area contributed by atoms with E-state index < -0.39 is 10.0 Å². The molecule has 0 aliphatic carbocycles. The Kier molecular flexibility index (Phi) is 6.87. The summed E-state index contributed by atoms with van der Waals surface area (Å²) in [5.41, 5.74) is 0.556. The van der Waals surface area contributed by atoms with Crippen LogP contribution in [0.2, 0.25) is 0 Å². The van der Waals surface area contributed by atoms with Crippen molar-refractivity contribution in [1.82, 2.24) is 14.5 Å². The lowest BCUT2D eigenvalue weighted by atomic mass is 10.1. The summed E-state index contributed by atoms with van der Waals surface area (Å²) in [6, 6.07) is 10.6. The molecule has 2 aliphatic rings. The quantitative estimate of drug-likeness (QED) is 0.676. The highest BCUT2D eigenvalue weighted by atomic mass is 32.2. The van der Waals surface area contributed by atoms with Crippen LogP contribution in [0.3, 0.4) is 0 Å². The van der Waals surface area contributed by atoms with Crippen LogP contribution in [0, 0.1) is 0 Å². The van der Waals surface area contributed by atoms with E-state index in [0.29, 0.717) is 18.5 Å². The minimum absolute atomic E-state index is 0.00583. The normalized spacial score (nSPS) is 20.1. The molecule has 2 saturated heterocycles. The van der Waals surface area contributed by atoms with Crippen LogP contribution in [0.4, 0.5) is 0 Å². The third-order valence-corrected chi connectivity index (χ3v) is 8.37. The second-order valence-corrected chi connectivity index (χ2v) is 10.9. The largest absolute Gasteiger partial charge is 0.334 e. The Morgan fingerprint density at radius 2 is 1.83 bits per heavy atom. The minimum atomic E-state index is -3.58. The first kappa shape index (κ1) is 21.5. The zero-order valence-corrected chi connectivity index (χ0v) is 18.8. The lowest BCUT2D eigenvalue weighted by Crippen LogP contribution is -2.42. The van der Waals surface area contributed by atoms with E-state index in [0.717, 1.165) is 43.9 Å². The molecular formula is C22H29N3O3S2. The molecule has 0 spiro atoms. The monoisotopic (exact) mass is 447 g/mol. The van der Waals surface area contributed by atoms with E-state index in [1.54, 1.807) is 23.5 Å². The molecular weight excluding hydrogens is 418 g/mol. The molecule has 4 rings (SSSR count). The number of hydrogen-bond donors (Lipinski definition) is 1. The van der Waals surface area contributed by atoms with Crippen molar-refractivity contribution in [3.8, 4) is 0 Å². The number of rotatable bonds is 8. The summed E-state index contributed by atoms with van der Waals surface area (Å²) >= 11 is 1.62. The van der Waals surface area contributed by atoms with Gasteiger partial charge < -0.3 is 9.80 Å². The molecule has 8 heteroatoms. The van der Waals surface area contributed by atoms with Crippen molar-refractivity contribution in [1.29, 1.82) is 0 Å². The zero-order valence-electron chi connectivity index (χ0n) is 17.1. The first-order valence-corrected chi connectivity index (χ1v) is 13.0. The van der Waals surface area contributed by atoms with Gasteiger partial charge in [0.05, 0.1) is 4.90 Å². The molecule has 1 unspecified atom stereocenters. The van der Waals surface area contributed by atoms with Crippen molar-refractivity contribution in [2.75, 3.05) is 32.7 Å². The molecule has 0 radical (unpaired) electrons. The summed E-state index contributed by atoms with van der Waals surface area (Å²) in [6.45, 7) is 4.35. The van der Waals surface area contributed by atoms with E-state index in [1.165, 1.54) is 25.0 Å². The fraction of sp³-hybridized carbons (Fsp3) is 0.500. The number of nitrogens with one attached hydrogen (secondary N) is 1. The van der Waals surface area contributed by atoms with Gasteiger partial charge in [-0.3, -0.25) is 4.79 Å². The summed E-state index contributed by atoms with van der Waals surface area (Å²) in [4.78, 5) is 18.8. The number of likely N-dealkylation sites (tertiary alicyclic amines) is 2. The Labute approximate surface area is 182 Å². The van der Waals surface area contributed by atoms with Gasteiger partial charge in [0, 0.05) is 36.1 Å². The lowest BCUT2D eigenvalue weighted by molar-refractivity contribution is 0.0708. The van der Waals surface area contributed by atoms with Gasteiger partial charge in [-0.05, 0) is 80.9 Å². The summed E-state index contributed by atoms with van der Waals surface area (Å²) in [5.74, 6) is 0.00583. The van der Waals surface area contributed by atoms with Crippen molar-refractivity contribution in [2.24, 2.45) is 0 Å². The van der Waals surface area contributed by atoms with Gasteiger partial charge in [0.15, 0.2) is 0 Å². The van der Waals surface area contributed by atoms with Gasteiger partial charge in [-0.25, -0.2) is 13.1 Å². The molecule has 3 heterocycles. The number of nitrogens with zero attached hydrogens (tertiary/aromatic N) is 2. The Morgan fingerprint density at radius 3 is 2.53 bits per heavy atom. The zero-order chi connectivity index (χ0) is 21.0. The average molecular weight is 448 g/mol. The third-order valence-electron chi connectivity index (χ3n) is 5.96. The molecule has 2 fully saturated rings. The van der Waals surface area contributed by atoms with E-state index in [4.69, 9.17) is 0 Å². The molecule has 1 N–H and O–H groups in total. The summed E-state index contributed by atoms with van der Waals surface area (Å²) in [5, 5.41) is 1.98. The lowest BCUT2D eigenvalue weighted by Gasteiger charge is -2.28. The minimum Gasteiger partial charge on any atom is -0.334 e. The smallest absolute Gasteiger partial charge is 0.254 e. The van der Waals surface area contributed by atoms with Crippen LogP contribution >= 0.6 is 11.3 Å². The molecule has 6 nitrogen and oxygen atoms in total. The van der Waals surface area contributed by atoms with Crippen LogP contribution in [-0.4, -0.2) is 62.9 Å². The highest BCUT2D eigenvalue weighted by Gasteiger charge is 2.31. The van der Waals surface area contributed by atoms with E-state index in [1.807, 2.05) is 22.4 Å². The molecule has 0 bridgehead atoms. The topological polar surface area (TPSA) is 69.7 Å². The van der Waals surface area contributed by atoms with Gasteiger partial charge in [0.1, 0.15) is 0 Å². The van der Waals surface area contributed by atoms with Crippen molar-refractivity contribution in [3.05, 3.63) is 52.2 Å². The maximum Gasteiger partial charge on any atom is 0.254 e. The first-order chi connectivity index (χ1) is 14.5. The molecule has 1 aromatic carbocycles. The maximum absolute atomic E-state index is 13.0. The summed E-state index contributed by atoms with van der Waals surface area (Å²) < 4.78 is 27.7. The van der Waals surface area contributed by atoms with E-state index in [2.05, 4.69) is 9.62 Å². The SMILES string of the molecule is O=C(c1ccc(S(=O)(=O)NCCc2cccs2)cc1)N1CCCC1CN1CCCC1. The van der Waals surface area contributed by atoms with Crippen LogP contribution in [0.1, 0.15) is 40.9 Å². The number of carbonyl (C=O) groups excluding carboxylic acids is 1. The van der Waals surface area contributed by atoms with Crippen molar-refractivity contribution in [3.63, 3.8) is 0 Å². The summed E-state index contributed by atoms with van der Waals surface area (Å²) in [7, 11) is -3.58. The fourth-order valence-electron chi connectivity index (χ4n) is 4.35. The molecule has 1 amide bonds. The predicted octanol–water partition coefficient (Wildman–Crippen LogP) is 2.97. The predicted molar refractivity (Wildman–Crippen MR) is 119 cm³/mol. The van der Waals surface area contributed by atoms with Gasteiger partial charge in [0.2, 0.25) is 10.0 Å². The van der Waals surface area contributed by atoms with E-state index in [9.17, 15) is 13.2 Å². The Hall–Kier alpha value is -1.74. The highest BCUT2D eigenvalue weighted by Crippen LogP contribution is 2.23. The standard InChI is InChI=1S/C22H29N3O3S2/c26-22(25-15-3-5-19(25)17-24-13-1-2-14-24)18-7-9-21(10-8-18)30(27,28)23-12-11-20-6-4-16-29-20/h4,6-10,16,19,23H,1-3,5,11-15,17H2. The molecule has 162 valence electrons. The van der Waals surface area contributed by atoms with E-state index >= 15 is 0 Å². The molecule has 1 aromatic heterocycles. The van der Waals surface area contributed by atoms with Crippen LogP contribution in [0.15, 0.2) is 46.7 Å². The van der Waals surface area contributed by atoms with Gasteiger partial charge in [-0.2, -0.15) is 0 Å². The van der Waals surface area contributed by atoms with Crippen molar-refractivity contribution < 1.29 is 13.2 Å². The molecule has 2 aliphatic heterocycles. The van der Waals surface area contributed by atoms with Gasteiger partial charge in [0.25, 0.3) is 5.91 Å². The van der Waals surface area contributed by atoms with Gasteiger partial charge in [-0.1, -0.05) is 6.07 Å². The Morgan fingerprint density at radius 1 is 1.07 bits per heavy atom. The first-order valence-electron chi connectivity index (χ1n) is 10.7. The number of amides is 1. The molecule has 30 heavy (non-hydrogen) atoms. The van der Waals surface area contributed by atoms with Gasteiger partial charge >= 0.3 is 0 Å². The third kappa shape index (κ3) is 5.11. The number of sulfonamides is 1. The number of thiophene rings is 1. The Balaban J connectivity index is 1.36. The van der Waals surface area contributed by atoms with E-state index in [-0.39, 0.29) is 16.8 Å². The fourth-order valence-corrected chi connectivity index (χ4v) is 6.09. The number of benzene rings is 1. The maximum atomic E-state index is 13.0. The van der Waals surface area contributed by atoms with Crippen LogP contribution in [-0.2, 0) is 16.4 Å². The summed E-state index contributed by atoms with van der Waals surface area (Å²) in [6.07, 6.45) is 5.24. The number of carbonyl (C=O) groups is 1. The van der Waals surface area contributed by atoms with Crippen LogP contribution in [0.25, 0.3) is 0 Å². The average Bonchev–Trinajstić information content (AvgIpc) is 3.51.